The van der Waals surface area contributed by atoms with E-state index in [1.54, 1.807) is 18.3 Å². The molecule has 2 aliphatic heterocycles. The molecule has 0 spiro atoms. The van der Waals surface area contributed by atoms with Crippen LogP contribution >= 0.6 is 0 Å². The summed E-state index contributed by atoms with van der Waals surface area (Å²) in [4.78, 5) is 6.56. The number of alkyl halides is 1. The molecule has 1 aliphatic carbocycles. The lowest BCUT2D eigenvalue weighted by molar-refractivity contribution is 0.104. The molecular formula is C23H24FN9O. The number of rotatable bonds is 5. The predicted octanol–water partition coefficient (Wildman–Crippen LogP) is 2.29. The van der Waals surface area contributed by atoms with Crippen LogP contribution in [0.3, 0.4) is 0 Å². The van der Waals surface area contributed by atoms with Crippen molar-refractivity contribution >= 4 is 5.82 Å². The first-order valence-electron chi connectivity index (χ1n) is 11.6. The van der Waals surface area contributed by atoms with Crippen LogP contribution in [-0.2, 0) is 0 Å². The van der Waals surface area contributed by atoms with E-state index in [1.807, 2.05) is 6.07 Å². The second-order valence-electron chi connectivity index (χ2n) is 9.29. The molecule has 3 aromatic rings. The number of anilines is 1. The van der Waals surface area contributed by atoms with E-state index < -0.39 is 6.17 Å². The molecule has 3 aliphatic rings. The van der Waals surface area contributed by atoms with E-state index in [0.29, 0.717) is 23.1 Å². The minimum absolute atomic E-state index is 0.0462. The summed E-state index contributed by atoms with van der Waals surface area (Å²) in [5.41, 5.74) is 1.14. The highest BCUT2D eigenvalue weighted by Crippen LogP contribution is 2.39. The monoisotopic (exact) mass is 461 g/mol. The van der Waals surface area contributed by atoms with E-state index in [1.165, 1.54) is 16.9 Å². The summed E-state index contributed by atoms with van der Waals surface area (Å²) < 4.78 is 16.8. The highest BCUT2D eigenvalue weighted by Gasteiger charge is 2.46. The van der Waals surface area contributed by atoms with Crippen molar-refractivity contribution in [2.45, 2.75) is 68.9 Å². The molecule has 0 radical (unpaired) electrons. The standard InChI is InChI=1S/C23H24FN9O/c24-22-18-3-1-2-13(27-18)8-19(22)33(15-4-5-15)21-11-26-23(30-29-21)17-7-6-16(9-20(17)34)32-12-14(10-25)28-31-32/h6-7,9,11-13,15,18-19,22,27,34H,1-5,8H2/t13-,18+,19-,22+/m0/s1. The lowest BCUT2D eigenvalue weighted by Gasteiger charge is -2.47. The van der Waals surface area contributed by atoms with Crippen molar-refractivity contribution in [2.75, 3.05) is 4.90 Å². The van der Waals surface area contributed by atoms with Gasteiger partial charge in [-0.1, -0.05) is 11.6 Å². The fourth-order valence-electron chi connectivity index (χ4n) is 5.23. The van der Waals surface area contributed by atoms with Gasteiger partial charge in [0.1, 0.15) is 18.0 Å². The van der Waals surface area contributed by atoms with Crippen LogP contribution in [0.4, 0.5) is 10.2 Å². The molecule has 2 aromatic heterocycles. The van der Waals surface area contributed by atoms with E-state index in [2.05, 4.69) is 35.7 Å². The highest BCUT2D eigenvalue weighted by atomic mass is 19.1. The molecule has 2 bridgehead atoms. The molecule has 2 saturated heterocycles. The summed E-state index contributed by atoms with van der Waals surface area (Å²) in [6, 6.07) is 7.11. The second-order valence-corrected chi connectivity index (χ2v) is 9.29. The summed E-state index contributed by atoms with van der Waals surface area (Å²) in [7, 11) is 0. The second kappa shape index (κ2) is 8.29. The molecule has 0 amide bonds. The SMILES string of the molecule is N#Cc1cn(-c2ccc(-c3ncc(N(C4CC4)[C@H]4C[C@@H]5CCC[C@@H](N5)[C@H]4F)nn3)c(O)c2)nn1. The summed E-state index contributed by atoms with van der Waals surface area (Å²) in [5, 5.41) is 39.2. The number of phenols is 1. The Morgan fingerprint density at radius 1 is 1.18 bits per heavy atom. The molecule has 174 valence electrons. The molecule has 1 aromatic carbocycles. The molecule has 10 nitrogen and oxygen atoms in total. The zero-order valence-electron chi connectivity index (χ0n) is 18.4. The number of fused-ring (bicyclic) bond motifs is 2. The van der Waals surface area contributed by atoms with Gasteiger partial charge >= 0.3 is 0 Å². The van der Waals surface area contributed by atoms with Gasteiger partial charge in [0.2, 0.25) is 0 Å². The molecule has 0 unspecified atom stereocenters. The molecule has 2 N–H and O–H groups in total. The van der Waals surface area contributed by atoms with E-state index in [4.69, 9.17) is 5.26 Å². The summed E-state index contributed by atoms with van der Waals surface area (Å²) in [6.07, 6.45) is 7.99. The van der Waals surface area contributed by atoms with Crippen LogP contribution in [0, 0.1) is 11.3 Å². The third-order valence-corrected chi connectivity index (χ3v) is 7.00. The quantitative estimate of drug-likeness (QED) is 0.588. The van der Waals surface area contributed by atoms with E-state index >= 15 is 4.39 Å². The number of hydrogen-bond donors (Lipinski definition) is 2. The average molecular weight is 462 g/mol. The molecule has 6 rings (SSSR count). The van der Waals surface area contributed by atoms with Crippen molar-refractivity contribution in [3.63, 3.8) is 0 Å². The third kappa shape index (κ3) is 3.74. The van der Waals surface area contributed by atoms with Gasteiger partial charge in [-0.15, -0.1) is 15.3 Å². The van der Waals surface area contributed by atoms with Crippen molar-refractivity contribution in [1.82, 2.24) is 35.5 Å². The van der Waals surface area contributed by atoms with Gasteiger partial charge in [-0.2, -0.15) is 5.26 Å². The van der Waals surface area contributed by atoms with Gasteiger partial charge < -0.3 is 15.3 Å². The number of halogens is 1. The predicted molar refractivity (Wildman–Crippen MR) is 120 cm³/mol. The Hall–Kier alpha value is -3.65. The molecule has 34 heavy (non-hydrogen) atoms. The minimum atomic E-state index is -0.950. The van der Waals surface area contributed by atoms with Crippen molar-refractivity contribution in [2.24, 2.45) is 0 Å². The number of benzene rings is 1. The maximum atomic E-state index is 15.4. The van der Waals surface area contributed by atoms with Crippen LogP contribution in [0.15, 0.2) is 30.6 Å². The fraction of sp³-hybridized carbons (Fsp3) is 0.478. The van der Waals surface area contributed by atoms with Crippen LogP contribution in [0.2, 0.25) is 0 Å². The van der Waals surface area contributed by atoms with Gasteiger partial charge in [-0.05, 0) is 44.2 Å². The lowest BCUT2D eigenvalue weighted by Crippen LogP contribution is -2.62. The van der Waals surface area contributed by atoms with Crippen LogP contribution in [0.1, 0.15) is 44.2 Å². The zero-order valence-corrected chi connectivity index (χ0v) is 18.4. The molecule has 3 fully saturated rings. The Balaban J connectivity index is 1.25. The summed E-state index contributed by atoms with van der Waals surface area (Å²) in [5.74, 6) is 0.815. The Kier molecular flexibility index (Phi) is 5.10. The Bertz CT molecular complexity index is 1240. The van der Waals surface area contributed by atoms with Gasteiger partial charge in [0, 0.05) is 24.2 Å². The number of hydrogen-bond acceptors (Lipinski definition) is 9. The average Bonchev–Trinajstić information content (AvgIpc) is 3.57. The number of nitrogens with zero attached hydrogens (tertiary/aromatic N) is 8. The normalized spacial score (nSPS) is 26.1. The first-order chi connectivity index (χ1) is 16.6. The van der Waals surface area contributed by atoms with Crippen LogP contribution in [0.5, 0.6) is 5.75 Å². The molecule has 11 heteroatoms. The highest BCUT2D eigenvalue weighted by molar-refractivity contribution is 5.66. The van der Waals surface area contributed by atoms with Crippen molar-refractivity contribution in [3.8, 4) is 28.9 Å². The van der Waals surface area contributed by atoms with E-state index in [0.717, 1.165) is 38.5 Å². The summed E-state index contributed by atoms with van der Waals surface area (Å²) >= 11 is 0. The molecular weight excluding hydrogens is 437 g/mol. The van der Waals surface area contributed by atoms with Gasteiger partial charge in [-0.25, -0.2) is 14.1 Å². The molecule has 4 atom stereocenters. The number of piperidine rings is 2. The third-order valence-electron chi connectivity index (χ3n) is 7.00. The fourth-order valence-corrected chi connectivity index (χ4v) is 5.23. The van der Waals surface area contributed by atoms with Gasteiger partial charge in [0.15, 0.2) is 17.3 Å². The maximum Gasteiger partial charge on any atom is 0.185 e. The zero-order chi connectivity index (χ0) is 23.2. The molecule has 1 saturated carbocycles. The van der Waals surface area contributed by atoms with Gasteiger partial charge in [-0.3, -0.25) is 0 Å². The smallest absolute Gasteiger partial charge is 0.185 e. The van der Waals surface area contributed by atoms with E-state index in [-0.39, 0.29) is 35.4 Å². The van der Waals surface area contributed by atoms with Gasteiger partial charge in [0.25, 0.3) is 0 Å². The lowest BCUT2D eigenvalue weighted by atomic mass is 9.82. The van der Waals surface area contributed by atoms with Crippen LogP contribution in [-0.4, -0.2) is 65.6 Å². The van der Waals surface area contributed by atoms with Crippen molar-refractivity contribution in [1.29, 1.82) is 5.26 Å². The Morgan fingerprint density at radius 3 is 2.76 bits per heavy atom. The van der Waals surface area contributed by atoms with Crippen LogP contribution < -0.4 is 10.2 Å². The first kappa shape index (κ1) is 20.9. The minimum Gasteiger partial charge on any atom is -0.507 e. The number of nitriles is 1. The maximum absolute atomic E-state index is 15.4. The summed E-state index contributed by atoms with van der Waals surface area (Å²) in [6.45, 7) is 0. The topological polar surface area (TPSA) is 129 Å². The van der Waals surface area contributed by atoms with Crippen molar-refractivity contribution < 1.29 is 9.50 Å². The number of aromatic nitrogens is 6. The largest absolute Gasteiger partial charge is 0.507 e. The van der Waals surface area contributed by atoms with Crippen LogP contribution in [0.25, 0.3) is 17.1 Å². The molecule has 4 heterocycles. The van der Waals surface area contributed by atoms with Crippen molar-refractivity contribution in [3.05, 3.63) is 36.3 Å². The number of phenolic OH excluding ortho intramolecular Hbond substituents is 1. The Labute approximate surface area is 195 Å². The van der Waals surface area contributed by atoms with E-state index in [9.17, 15) is 5.11 Å². The Morgan fingerprint density at radius 2 is 2.06 bits per heavy atom. The number of nitrogens with one attached hydrogen (secondary N) is 1. The van der Waals surface area contributed by atoms with Gasteiger partial charge in [0.05, 0.1) is 29.7 Å². The number of aromatic hydroxyl groups is 1. The first-order valence-corrected chi connectivity index (χ1v) is 11.6.